The molecule has 1 aromatic rings. The third-order valence-electron chi connectivity index (χ3n) is 3.40. The SMILES string of the molecule is C[C@H](NCC1(CC#N)CC1)c1ccncc1. The average molecular weight is 215 g/mol. The van der Waals surface area contributed by atoms with Gasteiger partial charge in [0.05, 0.1) is 6.07 Å². The maximum Gasteiger partial charge on any atom is 0.0628 e. The van der Waals surface area contributed by atoms with E-state index < -0.39 is 0 Å². The van der Waals surface area contributed by atoms with E-state index in [4.69, 9.17) is 5.26 Å². The lowest BCUT2D eigenvalue weighted by Gasteiger charge is -2.18. The molecule has 1 aromatic heterocycles. The van der Waals surface area contributed by atoms with Crippen molar-refractivity contribution in [1.29, 1.82) is 5.26 Å². The molecule has 16 heavy (non-hydrogen) atoms. The zero-order valence-corrected chi connectivity index (χ0v) is 9.61. The predicted molar refractivity (Wildman–Crippen MR) is 62.6 cm³/mol. The summed E-state index contributed by atoms with van der Waals surface area (Å²) >= 11 is 0. The number of nitrogens with one attached hydrogen (secondary N) is 1. The van der Waals surface area contributed by atoms with Crippen molar-refractivity contribution in [2.75, 3.05) is 6.54 Å². The minimum absolute atomic E-state index is 0.274. The lowest BCUT2D eigenvalue weighted by atomic mass is 10.0. The van der Waals surface area contributed by atoms with Gasteiger partial charge in [-0.25, -0.2) is 0 Å². The van der Waals surface area contributed by atoms with Gasteiger partial charge in [0.15, 0.2) is 0 Å². The molecule has 2 rings (SSSR count). The number of hydrogen-bond donors (Lipinski definition) is 1. The van der Waals surface area contributed by atoms with Crippen LogP contribution < -0.4 is 5.32 Å². The molecule has 0 amide bonds. The Morgan fingerprint density at radius 2 is 2.19 bits per heavy atom. The maximum absolute atomic E-state index is 8.74. The number of hydrogen-bond acceptors (Lipinski definition) is 3. The van der Waals surface area contributed by atoms with Gasteiger partial charge in [0.1, 0.15) is 0 Å². The van der Waals surface area contributed by atoms with E-state index in [1.807, 2.05) is 24.5 Å². The molecule has 84 valence electrons. The number of nitriles is 1. The number of aromatic nitrogens is 1. The largest absolute Gasteiger partial charge is 0.310 e. The molecule has 0 aromatic carbocycles. The molecule has 0 spiro atoms. The molecule has 0 aliphatic heterocycles. The first-order valence-electron chi connectivity index (χ1n) is 5.76. The smallest absolute Gasteiger partial charge is 0.0628 e. The second-order valence-electron chi connectivity index (χ2n) is 4.72. The van der Waals surface area contributed by atoms with Gasteiger partial charge in [-0.2, -0.15) is 5.26 Å². The van der Waals surface area contributed by atoms with E-state index >= 15 is 0 Å². The quantitative estimate of drug-likeness (QED) is 0.820. The summed E-state index contributed by atoms with van der Waals surface area (Å²) in [7, 11) is 0. The van der Waals surface area contributed by atoms with E-state index in [-0.39, 0.29) is 5.41 Å². The van der Waals surface area contributed by atoms with E-state index in [1.54, 1.807) is 0 Å². The Kier molecular flexibility index (Phi) is 3.21. The van der Waals surface area contributed by atoms with E-state index in [0.717, 1.165) is 6.54 Å². The Balaban J connectivity index is 1.85. The van der Waals surface area contributed by atoms with E-state index in [2.05, 4.69) is 23.3 Å². The van der Waals surface area contributed by atoms with E-state index in [0.29, 0.717) is 12.5 Å². The van der Waals surface area contributed by atoms with Crippen LogP contribution in [0.1, 0.15) is 37.8 Å². The van der Waals surface area contributed by atoms with Crippen molar-refractivity contribution in [3.05, 3.63) is 30.1 Å². The fraction of sp³-hybridized carbons (Fsp3) is 0.538. The van der Waals surface area contributed by atoms with Crippen molar-refractivity contribution in [3.8, 4) is 6.07 Å². The van der Waals surface area contributed by atoms with Crippen molar-refractivity contribution >= 4 is 0 Å². The second-order valence-corrected chi connectivity index (χ2v) is 4.72. The summed E-state index contributed by atoms with van der Waals surface area (Å²) in [5.74, 6) is 0. The monoisotopic (exact) mass is 215 g/mol. The minimum Gasteiger partial charge on any atom is -0.310 e. The van der Waals surface area contributed by atoms with Gasteiger partial charge in [-0.3, -0.25) is 4.98 Å². The zero-order chi connectivity index (χ0) is 11.4. The molecular formula is C13H17N3. The summed E-state index contributed by atoms with van der Waals surface area (Å²) < 4.78 is 0. The topological polar surface area (TPSA) is 48.7 Å². The first kappa shape index (κ1) is 11.1. The Morgan fingerprint density at radius 3 is 2.75 bits per heavy atom. The maximum atomic E-state index is 8.74. The molecule has 1 N–H and O–H groups in total. The fourth-order valence-corrected chi connectivity index (χ4v) is 1.90. The molecule has 3 heteroatoms. The summed E-state index contributed by atoms with van der Waals surface area (Å²) in [4.78, 5) is 4.01. The van der Waals surface area contributed by atoms with Crippen LogP contribution in [-0.4, -0.2) is 11.5 Å². The molecule has 0 saturated heterocycles. The highest BCUT2D eigenvalue weighted by Gasteiger charge is 2.42. The predicted octanol–water partition coefficient (Wildman–Crippen LogP) is 2.43. The van der Waals surface area contributed by atoms with Gasteiger partial charge in [0.2, 0.25) is 0 Å². The third kappa shape index (κ3) is 2.59. The van der Waals surface area contributed by atoms with Crippen molar-refractivity contribution < 1.29 is 0 Å². The lowest BCUT2D eigenvalue weighted by Crippen LogP contribution is -2.26. The summed E-state index contributed by atoms with van der Waals surface area (Å²) in [6, 6.07) is 6.68. The van der Waals surface area contributed by atoms with Crippen LogP contribution in [0.4, 0.5) is 0 Å². The van der Waals surface area contributed by atoms with Gasteiger partial charge in [-0.15, -0.1) is 0 Å². The summed E-state index contributed by atoms with van der Waals surface area (Å²) in [5, 5.41) is 12.2. The van der Waals surface area contributed by atoms with Crippen LogP contribution in [0.5, 0.6) is 0 Å². The zero-order valence-electron chi connectivity index (χ0n) is 9.61. The van der Waals surface area contributed by atoms with Crippen LogP contribution in [0, 0.1) is 16.7 Å². The van der Waals surface area contributed by atoms with Crippen LogP contribution in [0.2, 0.25) is 0 Å². The van der Waals surface area contributed by atoms with Gasteiger partial charge < -0.3 is 5.32 Å². The first-order chi connectivity index (χ1) is 7.76. The standard InChI is InChI=1S/C13H17N3/c1-11(12-2-8-15-9-3-12)16-10-13(4-5-13)6-7-14/h2-3,8-9,11,16H,4-6,10H2,1H3/t11-/m0/s1. The van der Waals surface area contributed by atoms with Gasteiger partial charge >= 0.3 is 0 Å². The molecule has 0 bridgehead atoms. The Morgan fingerprint density at radius 1 is 1.50 bits per heavy atom. The van der Waals surface area contributed by atoms with Gasteiger partial charge in [0, 0.05) is 31.4 Å². The lowest BCUT2D eigenvalue weighted by molar-refractivity contribution is 0.433. The molecule has 1 fully saturated rings. The fourth-order valence-electron chi connectivity index (χ4n) is 1.90. The second kappa shape index (κ2) is 4.63. The van der Waals surface area contributed by atoms with Crippen LogP contribution in [0.3, 0.4) is 0 Å². The first-order valence-corrected chi connectivity index (χ1v) is 5.76. The Hall–Kier alpha value is -1.40. The Labute approximate surface area is 96.5 Å². The van der Waals surface area contributed by atoms with Crippen molar-refractivity contribution in [1.82, 2.24) is 10.3 Å². The van der Waals surface area contributed by atoms with Crippen LogP contribution in [-0.2, 0) is 0 Å². The van der Waals surface area contributed by atoms with Gasteiger partial charge in [-0.1, -0.05) is 0 Å². The van der Waals surface area contributed by atoms with Crippen molar-refractivity contribution in [2.45, 2.75) is 32.2 Å². The van der Waals surface area contributed by atoms with Crippen LogP contribution in [0.15, 0.2) is 24.5 Å². The highest BCUT2D eigenvalue weighted by Crippen LogP contribution is 2.48. The third-order valence-corrected chi connectivity index (χ3v) is 3.40. The highest BCUT2D eigenvalue weighted by molar-refractivity contribution is 5.14. The Bertz CT molecular complexity index is 376. The highest BCUT2D eigenvalue weighted by atomic mass is 14.9. The van der Waals surface area contributed by atoms with Crippen molar-refractivity contribution in [2.24, 2.45) is 5.41 Å². The molecule has 1 saturated carbocycles. The van der Waals surface area contributed by atoms with Gasteiger partial charge in [-0.05, 0) is 42.9 Å². The molecule has 1 heterocycles. The average Bonchev–Trinajstić information content (AvgIpc) is 3.08. The molecule has 1 aliphatic carbocycles. The summed E-state index contributed by atoms with van der Waals surface area (Å²) in [6.07, 6.45) is 6.70. The van der Waals surface area contributed by atoms with Crippen molar-refractivity contribution in [3.63, 3.8) is 0 Å². The number of pyridine rings is 1. The van der Waals surface area contributed by atoms with Crippen LogP contribution in [0.25, 0.3) is 0 Å². The van der Waals surface area contributed by atoms with E-state index in [1.165, 1.54) is 18.4 Å². The number of nitrogens with zero attached hydrogens (tertiary/aromatic N) is 2. The molecule has 3 nitrogen and oxygen atoms in total. The summed E-state index contributed by atoms with van der Waals surface area (Å²) in [5.41, 5.74) is 1.53. The normalized spacial score (nSPS) is 18.8. The molecule has 1 atom stereocenters. The molecule has 1 aliphatic rings. The molecule has 0 radical (unpaired) electrons. The number of rotatable bonds is 5. The van der Waals surface area contributed by atoms with Crippen LogP contribution >= 0.6 is 0 Å². The minimum atomic E-state index is 0.274. The summed E-state index contributed by atoms with van der Waals surface area (Å²) in [6.45, 7) is 3.10. The van der Waals surface area contributed by atoms with E-state index in [9.17, 15) is 0 Å². The molecule has 0 unspecified atom stereocenters. The molecular weight excluding hydrogens is 198 g/mol. The van der Waals surface area contributed by atoms with Gasteiger partial charge in [0.25, 0.3) is 0 Å².